The second kappa shape index (κ2) is 6.68. The molecule has 0 spiro atoms. The van der Waals surface area contributed by atoms with E-state index < -0.39 is 0 Å². The topological polar surface area (TPSA) is 66.9 Å². The Hall–Kier alpha value is -1.65. The molecule has 5 nitrogen and oxygen atoms in total. The quantitative estimate of drug-likeness (QED) is 0.886. The number of carbonyl (C=O) groups is 1. The molecule has 2 rings (SSSR count). The molecule has 0 aromatic carbocycles. The van der Waals surface area contributed by atoms with E-state index in [4.69, 9.17) is 0 Å². The maximum atomic E-state index is 11.4. The Morgan fingerprint density at radius 3 is 2.60 bits per heavy atom. The molecule has 1 heterocycles. The van der Waals surface area contributed by atoms with E-state index in [1.165, 1.54) is 25.7 Å². The summed E-state index contributed by atoms with van der Waals surface area (Å²) in [5.74, 6) is 1.91. The van der Waals surface area contributed by atoms with Crippen LogP contribution in [0.2, 0.25) is 0 Å². The average Bonchev–Trinajstić information content (AvgIpc) is 2.47. The molecule has 0 aliphatic heterocycles. The molecule has 1 aliphatic rings. The van der Waals surface area contributed by atoms with Crippen molar-refractivity contribution in [2.24, 2.45) is 11.8 Å². The van der Waals surface area contributed by atoms with Crippen molar-refractivity contribution in [1.82, 2.24) is 15.5 Å². The van der Waals surface area contributed by atoms with Crippen molar-refractivity contribution >= 4 is 11.7 Å². The molecule has 2 N–H and O–H groups in total. The summed E-state index contributed by atoms with van der Waals surface area (Å²) in [5, 5.41) is 14.1. The van der Waals surface area contributed by atoms with Gasteiger partial charge in [-0.05, 0) is 36.8 Å². The molecular formula is C15H24N4O. The van der Waals surface area contributed by atoms with Gasteiger partial charge < -0.3 is 10.6 Å². The van der Waals surface area contributed by atoms with Crippen LogP contribution >= 0.6 is 0 Å². The zero-order valence-electron chi connectivity index (χ0n) is 12.5. The molecule has 1 saturated carbocycles. The molecule has 2 atom stereocenters. The summed E-state index contributed by atoms with van der Waals surface area (Å²) >= 11 is 0. The van der Waals surface area contributed by atoms with Crippen molar-refractivity contribution in [3.63, 3.8) is 0 Å². The first-order valence-electron chi connectivity index (χ1n) is 7.44. The largest absolute Gasteiger partial charge is 0.366 e. The Balaban J connectivity index is 2.03. The van der Waals surface area contributed by atoms with Crippen LogP contribution in [0.15, 0.2) is 12.1 Å². The summed E-state index contributed by atoms with van der Waals surface area (Å²) in [6, 6.07) is 4.01. The molecule has 0 radical (unpaired) electrons. The summed E-state index contributed by atoms with van der Waals surface area (Å²) in [5.41, 5.74) is 0.349. The van der Waals surface area contributed by atoms with Crippen LogP contribution in [0.4, 0.5) is 5.82 Å². The summed E-state index contributed by atoms with van der Waals surface area (Å²) in [6.07, 6.45) is 5.05. The van der Waals surface area contributed by atoms with Crippen molar-refractivity contribution in [3.05, 3.63) is 17.8 Å². The van der Waals surface area contributed by atoms with Gasteiger partial charge in [-0.3, -0.25) is 4.79 Å². The zero-order chi connectivity index (χ0) is 14.5. The van der Waals surface area contributed by atoms with E-state index in [1.807, 2.05) is 6.07 Å². The van der Waals surface area contributed by atoms with E-state index in [-0.39, 0.29) is 5.91 Å². The predicted octanol–water partition coefficient (Wildman–Crippen LogP) is 2.46. The van der Waals surface area contributed by atoms with Gasteiger partial charge in [0.15, 0.2) is 5.69 Å². The van der Waals surface area contributed by atoms with Gasteiger partial charge in [-0.2, -0.15) is 0 Å². The molecule has 1 aliphatic carbocycles. The molecule has 1 aromatic rings. The smallest absolute Gasteiger partial charge is 0.271 e. The summed E-state index contributed by atoms with van der Waals surface area (Å²) in [6.45, 7) is 4.57. The van der Waals surface area contributed by atoms with Gasteiger partial charge in [-0.1, -0.05) is 26.7 Å². The van der Waals surface area contributed by atoms with Crippen LogP contribution in [-0.2, 0) is 0 Å². The van der Waals surface area contributed by atoms with Gasteiger partial charge in [-0.25, -0.2) is 0 Å². The normalized spacial score (nSPS) is 22.6. The Morgan fingerprint density at radius 1 is 1.25 bits per heavy atom. The van der Waals surface area contributed by atoms with Gasteiger partial charge in [0.25, 0.3) is 5.91 Å². The Labute approximate surface area is 120 Å². The van der Waals surface area contributed by atoms with Crippen LogP contribution in [0, 0.1) is 11.8 Å². The first kappa shape index (κ1) is 14.8. The molecule has 110 valence electrons. The third-order valence-electron chi connectivity index (χ3n) is 4.13. The lowest BCUT2D eigenvalue weighted by molar-refractivity contribution is 0.0957. The predicted molar refractivity (Wildman–Crippen MR) is 79.6 cm³/mol. The average molecular weight is 276 g/mol. The molecule has 1 aromatic heterocycles. The van der Waals surface area contributed by atoms with E-state index in [1.54, 1.807) is 13.1 Å². The summed E-state index contributed by atoms with van der Waals surface area (Å²) in [4.78, 5) is 11.4. The molecule has 0 saturated heterocycles. The standard InChI is InChI=1S/C15H24N4O/c1-10(2)11-6-4-5-7-12(11)17-14-9-8-13(18-19-14)15(20)16-3/h8-12H,4-7H2,1-3H3,(H,16,20)(H,17,19). The highest BCUT2D eigenvalue weighted by molar-refractivity contribution is 5.91. The van der Waals surface area contributed by atoms with Gasteiger partial charge in [0.2, 0.25) is 0 Å². The van der Waals surface area contributed by atoms with Gasteiger partial charge >= 0.3 is 0 Å². The molecule has 1 fully saturated rings. The minimum absolute atomic E-state index is 0.207. The number of rotatable bonds is 4. The van der Waals surface area contributed by atoms with Gasteiger partial charge in [0, 0.05) is 13.1 Å². The number of hydrogen-bond donors (Lipinski definition) is 2. The SMILES string of the molecule is CNC(=O)c1ccc(NC2CCCCC2C(C)C)nn1. The lowest BCUT2D eigenvalue weighted by Gasteiger charge is -2.35. The summed E-state index contributed by atoms with van der Waals surface area (Å²) < 4.78 is 0. The fourth-order valence-corrected chi connectivity index (χ4v) is 2.99. The zero-order valence-corrected chi connectivity index (χ0v) is 12.5. The van der Waals surface area contributed by atoms with Crippen molar-refractivity contribution in [3.8, 4) is 0 Å². The van der Waals surface area contributed by atoms with Crippen LogP contribution in [0.5, 0.6) is 0 Å². The number of carbonyl (C=O) groups excluding carboxylic acids is 1. The maximum absolute atomic E-state index is 11.4. The number of anilines is 1. The van der Waals surface area contributed by atoms with E-state index >= 15 is 0 Å². The molecule has 20 heavy (non-hydrogen) atoms. The van der Waals surface area contributed by atoms with Crippen LogP contribution < -0.4 is 10.6 Å². The fraction of sp³-hybridized carbons (Fsp3) is 0.667. The van der Waals surface area contributed by atoms with Crippen LogP contribution in [0.3, 0.4) is 0 Å². The number of hydrogen-bond acceptors (Lipinski definition) is 4. The monoisotopic (exact) mass is 276 g/mol. The van der Waals surface area contributed by atoms with Crippen LogP contribution in [0.25, 0.3) is 0 Å². The fourth-order valence-electron chi connectivity index (χ4n) is 2.99. The number of nitrogens with zero attached hydrogens (tertiary/aromatic N) is 2. The second-order valence-corrected chi connectivity index (χ2v) is 5.83. The first-order chi connectivity index (χ1) is 9.61. The molecule has 2 unspecified atom stereocenters. The van der Waals surface area contributed by atoms with Crippen molar-refractivity contribution in [1.29, 1.82) is 0 Å². The first-order valence-corrected chi connectivity index (χ1v) is 7.44. The number of aromatic nitrogens is 2. The summed E-state index contributed by atoms with van der Waals surface area (Å²) in [7, 11) is 1.59. The molecule has 1 amide bonds. The highest BCUT2D eigenvalue weighted by Gasteiger charge is 2.27. The van der Waals surface area contributed by atoms with Crippen LogP contribution in [0.1, 0.15) is 50.0 Å². The van der Waals surface area contributed by atoms with E-state index in [9.17, 15) is 4.79 Å². The number of amides is 1. The highest BCUT2D eigenvalue weighted by Crippen LogP contribution is 2.31. The second-order valence-electron chi connectivity index (χ2n) is 5.83. The van der Waals surface area contributed by atoms with Gasteiger partial charge in [0.1, 0.15) is 5.82 Å². The Bertz CT molecular complexity index is 444. The Kier molecular flexibility index (Phi) is 4.93. The van der Waals surface area contributed by atoms with E-state index in [2.05, 4.69) is 34.7 Å². The minimum Gasteiger partial charge on any atom is -0.366 e. The molecular weight excluding hydrogens is 252 g/mol. The molecule has 0 bridgehead atoms. The lowest BCUT2D eigenvalue weighted by Crippen LogP contribution is -2.35. The van der Waals surface area contributed by atoms with Gasteiger partial charge in [-0.15, -0.1) is 10.2 Å². The minimum atomic E-state index is -0.207. The van der Waals surface area contributed by atoms with Crippen molar-refractivity contribution < 1.29 is 4.79 Å². The third-order valence-corrected chi connectivity index (χ3v) is 4.13. The highest BCUT2D eigenvalue weighted by atomic mass is 16.1. The number of nitrogens with one attached hydrogen (secondary N) is 2. The van der Waals surface area contributed by atoms with E-state index in [0.717, 1.165) is 5.82 Å². The van der Waals surface area contributed by atoms with Crippen molar-refractivity contribution in [2.45, 2.75) is 45.6 Å². The van der Waals surface area contributed by atoms with Crippen LogP contribution in [-0.4, -0.2) is 29.2 Å². The Morgan fingerprint density at radius 2 is 2.00 bits per heavy atom. The van der Waals surface area contributed by atoms with Gasteiger partial charge in [0.05, 0.1) is 0 Å². The lowest BCUT2D eigenvalue weighted by atomic mass is 9.78. The maximum Gasteiger partial charge on any atom is 0.271 e. The van der Waals surface area contributed by atoms with E-state index in [0.29, 0.717) is 23.6 Å². The molecule has 5 heteroatoms. The third kappa shape index (κ3) is 3.46. The van der Waals surface area contributed by atoms with Crippen molar-refractivity contribution in [2.75, 3.05) is 12.4 Å².